The quantitative estimate of drug-likeness (QED) is 0.581. The molecule has 0 atom stereocenters. The summed E-state index contributed by atoms with van der Waals surface area (Å²) in [4.78, 5) is 12.2. The molecule has 1 N–H and O–H groups in total. The summed E-state index contributed by atoms with van der Waals surface area (Å²) in [5.41, 5.74) is 3.00. The Morgan fingerprint density at radius 3 is 2.56 bits per heavy atom. The highest BCUT2D eigenvalue weighted by atomic mass is 79.9. The number of para-hydroxylation sites is 1. The summed E-state index contributed by atoms with van der Waals surface area (Å²) in [6.45, 7) is 2.60. The minimum Gasteiger partial charge on any atom is -0.407 e. The van der Waals surface area contributed by atoms with Gasteiger partial charge in [-0.05, 0) is 42.7 Å². The van der Waals surface area contributed by atoms with Gasteiger partial charge in [-0.2, -0.15) is 5.10 Å². The Labute approximate surface area is 167 Å². The number of halogens is 1. The molecule has 0 spiro atoms. The molecule has 0 fully saturated rings. The number of hydrogen-bond donors (Lipinski definition) is 1. The molecule has 0 unspecified atom stereocenters. The fraction of sp³-hybridized carbons (Fsp3) is 0.238. The van der Waals surface area contributed by atoms with Crippen molar-refractivity contribution in [1.82, 2.24) is 15.1 Å². The number of benzene rings is 2. The number of amides is 1. The van der Waals surface area contributed by atoms with Crippen LogP contribution in [0, 0.1) is 0 Å². The van der Waals surface area contributed by atoms with Gasteiger partial charge in [0, 0.05) is 11.0 Å². The van der Waals surface area contributed by atoms with Crippen LogP contribution < -0.4 is 10.1 Å². The fourth-order valence-corrected chi connectivity index (χ4v) is 3.06. The Bertz CT molecular complexity index is 876. The molecule has 1 aromatic heterocycles. The van der Waals surface area contributed by atoms with Gasteiger partial charge >= 0.3 is 6.09 Å². The Morgan fingerprint density at radius 2 is 1.85 bits per heavy atom. The molecule has 27 heavy (non-hydrogen) atoms. The van der Waals surface area contributed by atoms with Crippen LogP contribution in [0.15, 0.2) is 65.3 Å². The van der Waals surface area contributed by atoms with Gasteiger partial charge in [0.2, 0.25) is 0 Å². The second-order valence-corrected chi connectivity index (χ2v) is 7.06. The maximum Gasteiger partial charge on any atom is 0.412 e. The number of aromatic nitrogens is 2. The lowest BCUT2D eigenvalue weighted by atomic mass is 10.1. The molecule has 5 nitrogen and oxygen atoms in total. The van der Waals surface area contributed by atoms with Gasteiger partial charge in [-0.1, -0.05) is 59.6 Å². The van der Waals surface area contributed by atoms with E-state index in [0.717, 1.165) is 40.7 Å². The van der Waals surface area contributed by atoms with Crippen molar-refractivity contribution >= 4 is 22.0 Å². The van der Waals surface area contributed by atoms with Crippen molar-refractivity contribution in [1.29, 1.82) is 0 Å². The van der Waals surface area contributed by atoms with Gasteiger partial charge in [0.1, 0.15) is 0 Å². The molecule has 0 bridgehead atoms. The number of carbonyl (C=O) groups excluding carboxylic acids is 1. The van der Waals surface area contributed by atoms with Gasteiger partial charge < -0.3 is 10.1 Å². The Balaban J connectivity index is 1.61. The van der Waals surface area contributed by atoms with Gasteiger partial charge in [0.15, 0.2) is 5.75 Å². The Hall–Kier alpha value is -2.60. The van der Waals surface area contributed by atoms with Crippen molar-refractivity contribution in [3.05, 3.63) is 76.5 Å². The number of nitrogens with zero attached hydrogens (tertiary/aromatic N) is 2. The lowest BCUT2D eigenvalue weighted by Gasteiger charge is -2.10. The van der Waals surface area contributed by atoms with Crippen molar-refractivity contribution in [2.75, 3.05) is 6.54 Å². The molecule has 0 aliphatic heterocycles. The van der Waals surface area contributed by atoms with Gasteiger partial charge in [0.05, 0.1) is 17.6 Å². The molecule has 3 aromatic rings. The number of hydrogen-bond acceptors (Lipinski definition) is 3. The van der Waals surface area contributed by atoms with E-state index >= 15 is 0 Å². The second kappa shape index (κ2) is 9.37. The third kappa shape index (κ3) is 5.20. The van der Waals surface area contributed by atoms with Crippen molar-refractivity contribution in [3.63, 3.8) is 0 Å². The van der Waals surface area contributed by atoms with Gasteiger partial charge in [-0.25, -0.2) is 9.48 Å². The molecule has 0 saturated carbocycles. The average molecular weight is 428 g/mol. The minimum absolute atomic E-state index is 0.461. The van der Waals surface area contributed by atoms with E-state index < -0.39 is 6.09 Å². The lowest BCUT2D eigenvalue weighted by molar-refractivity contribution is 0.200. The van der Waals surface area contributed by atoms with E-state index in [2.05, 4.69) is 33.3 Å². The molecular formula is C21H22BrN3O2. The lowest BCUT2D eigenvalue weighted by Crippen LogP contribution is -2.29. The monoisotopic (exact) mass is 427 g/mol. The fourth-order valence-electron chi connectivity index (χ4n) is 2.80. The van der Waals surface area contributed by atoms with Crippen LogP contribution in [0.5, 0.6) is 5.75 Å². The van der Waals surface area contributed by atoms with Crippen LogP contribution in [-0.2, 0) is 12.8 Å². The molecule has 0 radical (unpaired) electrons. The molecule has 3 rings (SSSR count). The molecule has 1 amide bonds. The van der Waals surface area contributed by atoms with Crippen molar-refractivity contribution in [2.24, 2.45) is 0 Å². The van der Waals surface area contributed by atoms with Crippen LogP contribution in [0.3, 0.4) is 0 Å². The van der Waals surface area contributed by atoms with E-state index in [-0.39, 0.29) is 0 Å². The Kier molecular flexibility index (Phi) is 6.65. The molecular weight excluding hydrogens is 406 g/mol. The topological polar surface area (TPSA) is 56.1 Å². The predicted octanol–water partition coefficient (Wildman–Crippen LogP) is 4.92. The van der Waals surface area contributed by atoms with Crippen LogP contribution in [0.4, 0.5) is 4.79 Å². The van der Waals surface area contributed by atoms with Crippen molar-refractivity contribution in [3.8, 4) is 11.4 Å². The van der Waals surface area contributed by atoms with Crippen LogP contribution in [0.1, 0.15) is 24.6 Å². The zero-order chi connectivity index (χ0) is 19.1. The molecule has 0 saturated heterocycles. The first kappa shape index (κ1) is 19.2. The smallest absolute Gasteiger partial charge is 0.407 e. The highest BCUT2D eigenvalue weighted by Gasteiger charge is 2.15. The zero-order valence-corrected chi connectivity index (χ0v) is 16.8. The van der Waals surface area contributed by atoms with Crippen LogP contribution in [0.2, 0.25) is 0 Å². The summed E-state index contributed by atoms with van der Waals surface area (Å²) in [5.74, 6) is 0.502. The summed E-state index contributed by atoms with van der Waals surface area (Å²) < 4.78 is 8.38. The van der Waals surface area contributed by atoms with E-state index in [4.69, 9.17) is 4.74 Å². The zero-order valence-electron chi connectivity index (χ0n) is 15.2. The first-order valence-corrected chi connectivity index (χ1v) is 9.79. The number of ether oxygens (including phenoxy) is 1. The van der Waals surface area contributed by atoms with E-state index in [0.29, 0.717) is 12.3 Å². The number of rotatable bonds is 7. The summed E-state index contributed by atoms with van der Waals surface area (Å²) >= 11 is 3.41. The summed E-state index contributed by atoms with van der Waals surface area (Å²) in [5, 5.41) is 7.20. The average Bonchev–Trinajstić information content (AvgIpc) is 3.07. The van der Waals surface area contributed by atoms with E-state index in [1.807, 2.05) is 59.3 Å². The molecule has 2 aromatic carbocycles. The summed E-state index contributed by atoms with van der Waals surface area (Å²) in [6, 6.07) is 17.9. The summed E-state index contributed by atoms with van der Waals surface area (Å²) in [6.07, 6.45) is 3.59. The van der Waals surface area contributed by atoms with Gasteiger partial charge in [-0.15, -0.1) is 0 Å². The van der Waals surface area contributed by atoms with Crippen LogP contribution >= 0.6 is 15.9 Å². The highest BCUT2D eigenvalue weighted by molar-refractivity contribution is 9.10. The molecule has 1 heterocycles. The number of nitrogens with one attached hydrogen (secondary N) is 1. The largest absolute Gasteiger partial charge is 0.412 e. The SMILES string of the molecule is CCCc1c(OC(=O)NCCc2ccc(Br)cc2)cnn1-c1ccccc1. The van der Waals surface area contributed by atoms with Gasteiger partial charge in [0.25, 0.3) is 0 Å². The van der Waals surface area contributed by atoms with E-state index in [9.17, 15) is 4.79 Å². The maximum absolute atomic E-state index is 12.2. The first-order chi connectivity index (χ1) is 13.2. The minimum atomic E-state index is -0.461. The second-order valence-electron chi connectivity index (χ2n) is 6.15. The standard InChI is InChI=1S/C21H22BrN3O2/c1-2-6-19-20(15-24-25(19)18-7-4-3-5-8-18)27-21(26)23-14-13-16-9-11-17(22)12-10-16/h3-5,7-12,15H,2,6,13-14H2,1H3,(H,23,26). The van der Waals surface area contributed by atoms with Crippen molar-refractivity contribution < 1.29 is 9.53 Å². The van der Waals surface area contributed by atoms with E-state index in [1.165, 1.54) is 0 Å². The third-order valence-corrected chi connectivity index (χ3v) is 4.65. The third-order valence-electron chi connectivity index (χ3n) is 4.12. The highest BCUT2D eigenvalue weighted by Crippen LogP contribution is 2.23. The molecule has 0 aliphatic carbocycles. The molecule has 6 heteroatoms. The normalized spacial score (nSPS) is 10.6. The predicted molar refractivity (Wildman–Crippen MR) is 109 cm³/mol. The first-order valence-electron chi connectivity index (χ1n) is 9.00. The Morgan fingerprint density at radius 1 is 1.11 bits per heavy atom. The molecule has 140 valence electrons. The van der Waals surface area contributed by atoms with Crippen molar-refractivity contribution in [2.45, 2.75) is 26.2 Å². The van der Waals surface area contributed by atoms with E-state index in [1.54, 1.807) is 6.20 Å². The van der Waals surface area contributed by atoms with Gasteiger partial charge in [-0.3, -0.25) is 0 Å². The van der Waals surface area contributed by atoms with Crippen LogP contribution in [0.25, 0.3) is 5.69 Å². The molecule has 0 aliphatic rings. The maximum atomic E-state index is 12.2. The number of carbonyl (C=O) groups is 1. The van der Waals surface area contributed by atoms with Crippen LogP contribution in [-0.4, -0.2) is 22.4 Å². The summed E-state index contributed by atoms with van der Waals surface area (Å²) in [7, 11) is 0.